The van der Waals surface area contributed by atoms with Crippen molar-refractivity contribution in [3.8, 4) is 5.75 Å². The molecule has 9 amide bonds. The number of nitro benzene ring substituents is 1. The molecular formula is C58H87FN11O17P. The third-order valence-corrected chi connectivity index (χ3v) is 14.7. The molecule has 0 saturated heterocycles. The van der Waals surface area contributed by atoms with Crippen LogP contribution in [0.15, 0.2) is 51.7 Å². The van der Waals surface area contributed by atoms with Crippen LogP contribution >= 0.6 is 7.82 Å². The fourth-order valence-electron chi connectivity index (χ4n) is 9.17. The Morgan fingerprint density at radius 2 is 1.24 bits per heavy atom. The van der Waals surface area contributed by atoms with Gasteiger partial charge in [-0.05, 0) is 75.3 Å². The number of alkyl halides is 1. The van der Waals surface area contributed by atoms with E-state index in [-0.39, 0.29) is 35.3 Å². The number of carbonyl (C=O) groups excluding carboxylic acids is 9. The average Bonchev–Trinajstić information content (AvgIpc) is 1.47. The fraction of sp³-hybridized carbons (Fsp3) is 0.586. The molecule has 4 atom stereocenters. The van der Waals surface area contributed by atoms with E-state index >= 15 is 0 Å². The molecule has 88 heavy (non-hydrogen) atoms. The van der Waals surface area contributed by atoms with E-state index in [4.69, 9.17) is 24.9 Å². The van der Waals surface area contributed by atoms with E-state index in [0.717, 1.165) is 44.4 Å². The summed E-state index contributed by atoms with van der Waals surface area (Å²) < 4.78 is 42.8. The van der Waals surface area contributed by atoms with E-state index < -0.39 is 152 Å². The number of nitro groups is 1. The van der Waals surface area contributed by atoms with Crippen LogP contribution in [0.4, 0.5) is 10.1 Å². The van der Waals surface area contributed by atoms with Gasteiger partial charge in [-0.1, -0.05) is 96.1 Å². The van der Waals surface area contributed by atoms with Crippen molar-refractivity contribution >= 4 is 77.6 Å². The van der Waals surface area contributed by atoms with Crippen LogP contribution in [0.25, 0.3) is 11.0 Å². The lowest BCUT2D eigenvalue weighted by atomic mass is 9.99. The van der Waals surface area contributed by atoms with Gasteiger partial charge in [-0.3, -0.25) is 62.7 Å². The van der Waals surface area contributed by atoms with Gasteiger partial charge in [0.15, 0.2) is 0 Å². The number of hydrogen-bond acceptors (Lipinski definition) is 17. The van der Waals surface area contributed by atoms with Crippen molar-refractivity contribution in [2.24, 2.45) is 11.5 Å². The minimum Gasteiger partial charge on any atom is -0.422 e. The van der Waals surface area contributed by atoms with Gasteiger partial charge in [-0.2, -0.15) is 0 Å². The van der Waals surface area contributed by atoms with Crippen molar-refractivity contribution in [2.45, 2.75) is 180 Å². The quantitative estimate of drug-likeness (QED) is 0.0126. The molecule has 0 aliphatic carbocycles. The van der Waals surface area contributed by atoms with Crippen LogP contribution < -0.4 is 64.2 Å². The Morgan fingerprint density at radius 1 is 0.670 bits per heavy atom. The number of nitrogens with zero attached hydrogens (tertiary/aromatic N) is 1. The summed E-state index contributed by atoms with van der Waals surface area (Å²) in [6.45, 7) is -0.843. The number of halogens is 1. The van der Waals surface area contributed by atoms with Crippen LogP contribution in [-0.4, -0.2) is 120 Å². The molecular weight excluding hydrogens is 1170 g/mol. The molecule has 0 saturated carbocycles. The molecule has 1 aromatic heterocycles. The van der Waals surface area contributed by atoms with Crippen LogP contribution in [0.5, 0.6) is 5.75 Å². The predicted octanol–water partition coefficient (Wildman–Crippen LogP) is 3.73. The van der Waals surface area contributed by atoms with E-state index in [1.54, 1.807) is 0 Å². The number of benzene rings is 2. The number of para-hydroxylation sites is 1. The normalized spacial score (nSPS) is 12.7. The van der Waals surface area contributed by atoms with E-state index in [2.05, 4.69) is 49.5 Å². The van der Waals surface area contributed by atoms with Gasteiger partial charge < -0.3 is 62.9 Å². The summed E-state index contributed by atoms with van der Waals surface area (Å²) in [4.78, 5) is 148. The summed E-state index contributed by atoms with van der Waals surface area (Å²) in [7, 11) is -5.11. The highest BCUT2D eigenvalue weighted by Gasteiger charge is 2.30. The Morgan fingerprint density at radius 3 is 1.82 bits per heavy atom. The standard InChI is InChI=1S/C58H87FN11O17P/c1-3-4-5-6-7-8-9-10-11-12-13-14-15-26-49(72)62-30-21-19-23-44(56(61)78)69-58(80)45(24-18-20-29-60)68-53(76)37-65-51(74)35-63-50(73)34-64-52(75)36-66-57(79)46(67-39(2)71)31-41-32-54(77)86-55-42(41)27-28-48(43(55)33-59)87-88(83,84)85-38-40-22-16-17-25-47(40)70(81)82/h16-17,22,25,27-28,32,44-46H,3-15,18-21,23-24,26,29-31,33-38,60H2,1-2H3,(H2,61,78)(H,62,72)(H,63,73)(H,64,75)(H,65,74)(H,66,79)(H,67,71)(H,68,76)(H,69,80)(H,83,84)/t44-,45-,46-/m0/s1. The number of amides is 9. The van der Waals surface area contributed by atoms with Gasteiger partial charge in [-0.15, -0.1) is 0 Å². The molecule has 30 heteroatoms. The topological polar surface area (TPSA) is 431 Å². The van der Waals surface area contributed by atoms with Crippen LogP contribution in [0.2, 0.25) is 0 Å². The number of phosphoric ester groups is 1. The first-order valence-electron chi connectivity index (χ1n) is 29.8. The fourth-order valence-corrected chi connectivity index (χ4v) is 9.94. The first-order valence-corrected chi connectivity index (χ1v) is 31.3. The van der Waals surface area contributed by atoms with Crippen LogP contribution in [0.1, 0.15) is 159 Å². The largest absolute Gasteiger partial charge is 0.527 e. The average molecular weight is 1260 g/mol. The van der Waals surface area contributed by atoms with Crippen LogP contribution in [0.3, 0.4) is 0 Å². The Labute approximate surface area is 510 Å². The van der Waals surface area contributed by atoms with Crippen molar-refractivity contribution in [2.75, 3.05) is 39.3 Å². The molecule has 0 aliphatic heterocycles. The molecule has 13 N–H and O–H groups in total. The summed E-state index contributed by atoms with van der Waals surface area (Å²) in [6, 6.07) is 4.76. The van der Waals surface area contributed by atoms with Crippen molar-refractivity contribution in [1.29, 1.82) is 0 Å². The number of hydrogen-bond donors (Lipinski definition) is 11. The summed E-state index contributed by atoms with van der Waals surface area (Å²) in [5, 5.41) is 30.8. The first-order chi connectivity index (χ1) is 42.1. The molecule has 2 aromatic carbocycles. The summed E-state index contributed by atoms with van der Waals surface area (Å²) in [6.07, 6.45) is 18.0. The Balaban J connectivity index is 1.41. The molecule has 0 bridgehead atoms. The number of rotatable bonds is 46. The zero-order valence-corrected chi connectivity index (χ0v) is 51.1. The minimum atomic E-state index is -5.11. The zero-order chi connectivity index (χ0) is 64.9. The molecule has 0 fully saturated rings. The second kappa shape index (κ2) is 41.3. The van der Waals surface area contributed by atoms with Crippen LogP contribution in [-0.2, 0) is 71.9 Å². The van der Waals surface area contributed by atoms with E-state index in [1.807, 2.05) is 0 Å². The number of primary amides is 1. The van der Waals surface area contributed by atoms with Gasteiger partial charge in [0.25, 0.3) is 5.69 Å². The molecule has 488 valence electrons. The maximum Gasteiger partial charge on any atom is 0.527 e. The predicted molar refractivity (Wildman–Crippen MR) is 322 cm³/mol. The van der Waals surface area contributed by atoms with Crippen LogP contribution in [0, 0.1) is 10.1 Å². The Hall–Kier alpha value is -7.88. The number of nitrogens with two attached hydrogens (primary N) is 2. The number of nitrogens with one attached hydrogen (secondary N) is 8. The zero-order valence-electron chi connectivity index (χ0n) is 50.2. The highest BCUT2D eigenvalue weighted by Crippen LogP contribution is 2.47. The molecule has 28 nitrogen and oxygen atoms in total. The van der Waals surface area contributed by atoms with Gasteiger partial charge in [0.05, 0.1) is 48.8 Å². The number of fused-ring (bicyclic) bond motifs is 1. The number of unbranched alkanes of at least 4 members (excludes halogenated alkanes) is 14. The molecule has 0 aliphatic rings. The Bertz CT molecular complexity index is 2910. The maximum atomic E-state index is 14.6. The van der Waals surface area contributed by atoms with Crippen molar-refractivity contribution in [3.05, 3.63) is 79.7 Å². The van der Waals surface area contributed by atoms with Gasteiger partial charge >= 0.3 is 13.4 Å². The Kier molecular flexibility index (Phi) is 34.9. The van der Waals surface area contributed by atoms with Crippen molar-refractivity contribution in [3.63, 3.8) is 0 Å². The van der Waals surface area contributed by atoms with E-state index in [9.17, 15) is 71.9 Å². The third kappa shape index (κ3) is 29.7. The molecule has 3 aromatic rings. The molecule has 3 rings (SSSR count). The van der Waals surface area contributed by atoms with Crippen molar-refractivity contribution < 1.29 is 75.4 Å². The molecule has 1 unspecified atom stereocenters. The van der Waals surface area contributed by atoms with Crippen molar-refractivity contribution in [1.82, 2.24) is 42.5 Å². The molecule has 0 radical (unpaired) electrons. The lowest BCUT2D eigenvalue weighted by Crippen LogP contribution is -2.54. The van der Waals surface area contributed by atoms with Gasteiger partial charge in [0.1, 0.15) is 36.1 Å². The number of phosphoric acid groups is 1. The lowest BCUT2D eigenvalue weighted by molar-refractivity contribution is -0.385. The third-order valence-electron chi connectivity index (χ3n) is 13.9. The van der Waals surface area contributed by atoms with Gasteiger partial charge in [-0.25, -0.2) is 13.8 Å². The smallest absolute Gasteiger partial charge is 0.422 e. The lowest BCUT2D eigenvalue weighted by Gasteiger charge is -2.22. The monoisotopic (exact) mass is 1260 g/mol. The first kappa shape index (κ1) is 74.4. The summed E-state index contributed by atoms with van der Waals surface area (Å²) in [5.41, 5.74) is 8.73. The summed E-state index contributed by atoms with van der Waals surface area (Å²) >= 11 is 0. The second-order valence-electron chi connectivity index (χ2n) is 21.1. The maximum absolute atomic E-state index is 14.6. The highest BCUT2D eigenvalue weighted by atomic mass is 31.2. The summed E-state index contributed by atoms with van der Waals surface area (Å²) in [5.74, 6) is -7.12. The SMILES string of the molecule is CCCCCCCCCCCCCCCC(=O)NCCCC[C@H](NC(=O)[C@H](CCCCN)NC(=O)CNC(=O)CNC(=O)CNC(=O)CNC(=O)[C@H](Cc1cc(=O)oc2c(CF)c(OP(=O)(O)OCc3ccccc3[N+](=O)[O-])ccc12)NC(C)=O)C(N)=O. The number of carbonyl (C=O) groups is 9. The highest BCUT2D eigenvalue weighted by molar-refractivity contribution is 7.47. The molecule has 1 heterocycles. The van der Waals surface area contributed by atoms with E-state index in [1.165, 1.54) is 88.5 Å². The van der Waals surface area contributed by atoms with E-state index in [0.29, 0.717) is 45.2 Å². The van der Waals surface area contributed by atoms with Gasteiger partial charge in [0.2, 0.25) is 53.2 Å². The van der Waals surface area contributed by atoms with Gasteiger partial charge in [0, 0.05) is 43.8 Å². The molecule has 0 spiro atoms. The minimum absolute atomic E-state index is 0.00730. The second-order valence-corrected chi connectivity index (χ2v) is 22.5.